The largest absolute Gasteiger partial charge is 0.490 e. The molecule has 7 heteroatoms. The van der Waals surface area contributed by atoms with E-state index in [0.29, 0.717) is 63.1 Å². The molecule has 0 radical (unpaired) electrons. The van der Waals surface area contributed by atoms with E-state index in [0.717, 1.165) is 12.0 Å². The quantitative estimate of drug-likeness (QED) is 0.779. The molecule has 4 rings (SSSR count). The van der Waals surface area contributed by atoms with Gasteiger partial charge in [0.05, 0.1) is 25.2 Å². The second-order valence-electron chi connectivity index (χ2n) is 8.82. The third-order valence-electron chi connectivity index (χ3n) is 6.09. The van der Waals surface area contributed by atoms with E-state index in [4.69, 9.17) is 9.47 Å². The first-order valence-electron chi connectivity index (χ1n) is 11.2. The van der Waals surface area contributed by atoms with Crippen LogP contribution in [-0.4, -0.2) is 67.6 Å². The Kier molecular flexibility index (Phi) is 6.65. The van der Waals surface area contributed by atoms with Crippen molar-refractivity contribution in [3.05, 3.63) is 54.1 Å². The lowest BCUT2D eigenvalue weighted by atomic mass is 9.83. The fraction of sp³-hybridized carbons (Fsp3) is 0.440. The van der Waals surface area contributed by atoms with Crippen molar-refractivity contribution in [3.63, 3.8) is 0 Å². The minimum atomic E-state index is -0.572. The lowest BCUT2D eigenvalue weighted by Gasteiger charge is -2.38. The average Bonchev–Trinajstić information content (AvgIpc) is 3.04. The number of hydrogen-bond acceptors (Lipinski definition) is 5. The molecule has 1 fully saturated rings. The molecule has 0 aliphatic carbocycles. The molecule has 1 saturated heterocycles. The number of nitrogens with one attached hydrogen (secondary N) is 1. The van der Waals surface area contributed by atoms with E-state index in [9.17, 15) is 9.59 Å². The summed E-state index contributed by atoms with van der Waals surface area (Å²) >= 11 is 0. The van der Waals surface area contributed by atoms with Crippen molar-refractivity contribution in [1.29, 1.82) is 0 Å². The van der Waals surface area contributed by atoms with E-state index in [2.05, 4.69) is 10.2 Å². The van der Waals surface area contributed by atoms with Crippen LogP contribution in [0.2, 0.25) is 0 Å². The van der Waals surface area contributed by atoms with Gasteiger partial charge >= 0.3 is 0 Å². The number of carbonyl (C=O) groups excluding carboxylic acids is 2. The summed E-state index contributed by atoms with van der Waals surface area (Å²) in [7, 11) is 0. The number of nitrogens with zero attached hydrogens (tertiary/aromatic N) is 2. The molecule has 2 aliphatic heterocycles. The molecule has 0 spiro atoms. The van der Waals surface area contributed by atoms with E-state index in [1.54, 1.807) is 6.07 Å². The molecule has 2 aromatic rings. The van der Waals surface area contributed by atoms with Crippen molar-refractivity contribution in [2.24, 2.45) is 0 Å². The predicted molar refractivity (Wildman–Crippen MR) is 123 cm³/mol. The van der Waals surface area contributed by atoms with Crippen molar-refractivity contribution >= 4 is 17.5 Å². The summed E-state index contributed by atoms with van der Waals surface area (Å²) in [5.74, 6) is 1.41. The molecule has 2 amide bonds. The monoisotopic (exact) mass is 437 g/mol. The predicted octanol–water partition coefficient (Wildman–Crippen LogP) is 2.91. The second-order valence-corrected chi connectivity index (χ2v) is 8.82. The second kappa shape index (κ2) is 9.61. The number of amides is 2. The first-order chi connectivity index (χ1) is 15.4. The van der Waals surface area contributed by atoms with Gasteiger partial charge in [-0.25, -0.2) is 0 Å². The maximum Gasteiger partial charge on any atom is 0.238 e. The molecule has 0 saturated carbocycles. The van der Waals surface area contributed by atoms with E-state index in [1.165, 1.54) is 0 Å². The van der Waals surface area contributed by atoms with Gasteiger partial charge in [-0.2, -0.15) is 0 Å². The van der Waals surface area contributed by atoms with Gasteiger partial charge in [-0.05, 0) is 31.5 Å². The van der Waals surface area contributed by atoms with Crippen molar-refractivity contribution in [1.82, 2.24) is 9.80 Å². The molecule has 2 aliphatic rings. The number of rotatable bonds is 5. The van der Waals surface area contributed by atoms with Crippen molar-refractivity contribution < 1.29 is 19.1 Å². The highest BCUT2D eigenvalue weighted by Gasteiger charge is 2.35. The van der Waals surface area contributed by atoms with Gasteiger partial charge in [-0.15, -0.1) is 0 Å². The Morgan fingerprint density at radius 2 is 1.62 bits per heavy atom. The molecule has 0 atom stereocenters. The molecule has 1 N–H and O–H groups in total. The summed E-state index contributed by atoms with van der Waals surface area (Å²) in [4.78, 5) is 29.7. The summed E-state index contributed by atoms with van der Waals surface area (Å²) in [6, 6.07) is 15.3. The van der Waals surface area contributed by atoms with Crippen molar-refractivity contribution in [2.75, 3.05) is 51.3 Å². The van der Waals surface area contributed by atoms with Gasteiger partial charge in [0, 0.05) is 44.4 Å². The van der Waals surface area contributed by atoms with Gasteiger partial charge in [-0.1, -0.05) is 30.3 Å². The van der Waals surface area contributed by atoms with Crippen LogP contribution in [0, 0.1) is 0 Å². The maximum absolute atomic E-state index is 13.1. The number of ether oxygens (including phenoxy) is 2. The van der Waals surface area contributed by atoms with Crippen molar-refractivity contribution in [3.8, 4) is 11.5 Å². The van der Waals surface area contributed by atoms with E-state index < -0.39 is 5.41 Å². The molecule has 0 unspecified atom stereocenters. The summed E-state index contributed by atoms with van der Waals surface area (Å²) in [5, 5.41) is 2.94. The summed E-state index contributed by atoms with van der Waals surface area (Å²) in [6.45, 7) is 8.05. The van der Waals surface area contributed by atoms with E-state index in [1.807, 2.05) is 61.2 Å². The Morgan fingerprint density at radius 1 is 0.938 bits per heavy atom. The van der Waals surface area contributed by atoms with Crippen LogP contribution in [0.15, 0.2) is 48.5 Å². The van der Waals surface area contributed by atoms with Crippen LogP contribution >= 0.6 is 0 Å². The highest BCUT2D eigenvalue weighted by Crippen LogP contribution is 2.32. The Morgan fingerprint density at radius 3 is 2.34 bits per heavy atom. The normalized spacial score (nSPS) is 16.9. The van der Waals surface area contributed by atoms with Gasteiger partial charge in [0.1, 0.15) is 0 Å². The number of benzene rings is 2. The third-order valence-corrected chi connectivity index (χ3v) is 6.09. The fourth-order valence-electron chi connectivity index (χ4n) is 4.13. The Labute approximate surface area is 189 Å². The molecule has 32 heavy (non-hydrogen) atoms. The van der Waals surface area contributed by atoms with Gasteiger partial charge in [0.2, 0.25) is 11.8 Å². The van der Waals surface area contributed by atoms with E-state index in [-0.39, 0.29) is 11.8 Å². The topological polar surface area (TPSA) is 71.1 Å². The van der Waals surface area contributed by atoms with Gasteiger partial charge in [-0.3, -0.25) is 14.5 Å². The zero-order valence-corrected chi connectivity index (χ0v) is 18.8. The lowest BCUT2D eigenvalue weighted by molar-refractivity contribution is -0.138. The molecular weight excluding hydrogens is 406 g/mol. The maximum atomic E-state index is 13.1. The summed E-state index contributed by atoms with van der Waals surface area (Å²) in [5.41, 5.74) is 1.14. The molecule has 2 heterocycles. The van der Waals surface area contributed by atoms with Crippen molar-refractivity contribution in [2.45, 2.75) is 25.7 Å². The molecule has 0 aromatic heterocycles. The SMILES string of the molecule is CC(C)(C(=O)N1CCN(CC(=O)Nc2ccc3c(c2)OCCCO3)CC1)c1ccccc1. The number of fused-ring (bicyclic) bond motifs is 1. The third kappa shape index (κ3) is 5.05. The molecule has 0 bridgehead atoms. The van der Waals surface area contributed by atoms with Gasteiger partial charge in [0.25, 0.3) is 0 Å². The zero-order chi connectivity index (χ0) is 22.6. The Balaban J connectivity index is 1.28. The van der Waals surface area contributed by atoms with Gasteiger partial charge in [0.15, 0.2) is 11.5 Å². The van der Waals surface area contributed by atoms with Gasteiger partial charge < -0.3 is 19.7 Å². The standard InChI is InChI=1S/C25H31N3O4/c1-25(2,19-7-4-3-5-8-19)24(30)28-13-11-27(12-14-28)18-23(29)26-20-9-10-21-22(17-20)32-16-6-15-31-21/h3-5,7-10,17H,6,11-16,18H2,1-2H3,(H,26,29). The van der Waals surface area contributed by atoms with Crippen LogP contribution in [0.3, 0.4) is 0 Å². The smallest absolute Gasteiger partial charge is 0.238 e. The minimum Gasteiger partial charge on any atom is -0.490 e. The van der Waals surface area contributed by atoms with Crippen LogP contribution in [0.5, 0.6) is 11.5 Å². The molecule has 7 nitrogen and oxygen atoms in total. The summed E-state index contributed by atoms with van der Waals surface area (Å²) < 4.78 is 11.3. The number of carbonyl (C=O) groups is 2. The Bertz CT molecular complexity index is 953. The van der Waals surface area contributed by atoms with Crippen LogP contribution < -0.4 is 14.8 Å². The zero-order valence-electron chi connectivity index (χ0n) is 18.8. The molecule has 2 aromatic carbocycles. The molecule has 170 valence electrons. The Hall–Kier alpha value is -3.06. The first-order valence-corrected chi connectivity index (χ1v) is 11.2. The highest BCUT2D eigenvalue weighted by atomic mass is 16.5. The summed E-state index contributed by atoms with van der Waals surface area (Å²) in [6.07, 6.45) is 0.841. The molecular formula is C25H31N3O4. The van der Waals surface area contributed by atoms with Crippen LogP contribution in [0.1, 0.15) is 25.8 Å². The number of piperazine rings is 1. The van der Waals surface area contributed by atoms with Crippen LogP contribution in [-0.2, 0) is 15.0 Å². The lowest BCUT2D eigenvalue weighted by Crippen LogP contribution is -2.54. The number of hydrogen-bond donors (Lipinski definition) is 1. The minimum absolute atomic E-state index is 0.0797. The average molecular weight is 438 g/mol. The van der Waals surface area contributed by atoms with Crippen LogP contribution in [0.4, 0.5) is 5.69 Å². The van der Waals surface area contributed by atoms with Crippen LogP contribution in [0.25, 0.3) is 0 Å². The highest BCUT2D eigenvalue weighted by molar-refractivity contribution is 5.92. The fourth-order valence-corrected chi connectivity index (χ4v) is 4.13. The first kappa shape index (κ1) is 22.1. The number of anilines is 1. The van der Waals surface area contributed by atoms with E-state index >= 15 is 0 Å².